The molecule has 1 N–H and O–H groups in total. The molecule has 0 rings (SSSR count). The zero-order valence-corrected chi connectivity index (χ0v) is 14.1. The monoisotopic (exact) mass is 299 g/mol. The first-order valence-electron chi connectivity index (χ1n) is 7.48. The molecule has 0 aliphatic rings. The smallest absolute Gasteiger partial charge is 0.236 e. The Kier molecular flexibility index (Phi) is 8.85. The summed E-state index contributed by atoms with van der Waals surface area (Å²) in [6.45, 7) is 10.7. The van der Waals surface area contributed by atoms with Gasteiger partial charge in [0.2, 0.25) is 11.8 Å². The number of hydrogen-bond donors (Lipinski definition) is 1. The van der Waals surface area contributed by atoms with Gasteiger partial charge in [-0.3, -0.25) is 19.3 Å². The molecule has 2 amide bonds. The van der Waals surface area contributed by atoms with Crippen molar-refractivity contribution in [2.45, 2.75) is 40.7 Å². The molecule has 0 spiro atoms. The molecule has 21 heavy (non-hydrogen) atoms. The summed E-state index contributed by atoms with van der Waals surface area (Å²) in [7, 11) is 1.72. The van der Waals surface area contributed by atoms with Gasteiger partial charge < -0.3 is 10.2 Å². The lowest BCUT2D eigenvalue weighted by Crippen LogP contribution is -2.48. The largest absolute Gasteiger partial charge is 0.345 e. The minimum absolute atomic E-state index is 0.00211. The van der Waals surface area contributed by atoms with Crippen molar-refractivity contribution in [1.29, 1.82) is 0 Å². The summed E-state index contributed by atoms with van der Waals surface area (Å²) < 4.78 is 0. The molecule has 0 radical (unpaired) electrons. The maximum absolute atomic E-state index is 11.9. The van der Waals surface area contributed by atoms with E-state index in [4.69, 9.17) is 0 Å². The van der Waals surface area contributed by atoms with Crippen LogP contribution in [0.2, 0.25) is 0 Å². The first kappa shape index (κ1) is 19.6. The highest BCUT2D eigenvalue weighted by atomic mass is 16.2. The molecule has 0 aliphatic carbocycles. The Morgan fingerprint density at radius 3 is 1.95 bits per heavy atom. The first-order chi connectivity index (χ1) is 9.72. The van der Waals surface area contributed by atoms with E-state index >= 15 is 0 Å². The second-order valence-corrected chi connectivity index (χ2v) is 5.64. The maximum atomic E-state index is 11.9. The Bertz CT molecular complexity index is 365. The van der Waals surface area contributed by atoms with E-state index in [0.29, 0.717) is 13.1 Å². The minimum Gasteiger partial charge on any atom is -0.345 e. The van der Waals surface area contributed by atoms with Crippen LogP contribution in [0.25, 0.3) is 0 Å². The quantitative estimate of drug-likeness (QED) is 0.674. The van der Waals surface area contributed by atoms with Gasteiger partial charge in [0.05, 0.1) is 19.1 Å². The lowest BCUT2D eigenvalue weighted by atomic mass is 10.0. The van der Waals surface area contributed by atoms with Crippen LogP contribution in [0, 0.1) is 5.92 Å². The highest BCUT2D eigenvalue weighted by Gasteiger charge is 2.21. The van der Waals surface area contributed by atoms with Crippen LogP contribution in [0.4, 0.5) is 0 Å². The second-order valence-electron chi connectivity index (χ2n) is 5.64. The predicted octanol–water partition coefficient (Wildman–Crippen LogP) is 0.516. The van der Waals surface area contributed by atoms with Gasteiger partial charge in [0, 0.05) is 13.1 Å². The summed E-state index contributed by atoms with van der Waals surface area (Å²) in [4.78, 5) is 38.7. The van der Waals surface area contributed by atoms with E-state index in [1.165, 1.54) is 6.92 Å². The molecule has 0 aliphatic heterocycles. The topological polar surface area (TPSA) is 69.7 Å². The first-order valence-corrected chi connectivity index (χ1v) is 7.48. The molecule has 122 valence electrons. The van der Waals surface area contributed by atoms with Crippen molar-refractivity contribution in [3.05, 3.63) is 0 Å². The summed E-state index contributed by atoms with van der Waals surface area (Å²) in [5.41, 5.74) is 0. The van der Waals surface area contributed by atoms with E-state index in [1.54, 1.807) is 16.8 Å². The molecule has 0 aromatic rings. The van der Waals surface area contributed by atoms with Crippen LogP contribution in [-0.2, 0) is 14.4 Å². The van der Waals surface area contributed by atoms with Gasteiger partial charge >= 0.3 is 0 Å². The van der Waals surface area contributed by atoms with Crippen LogP contribution in [0.5, 0.6) is 0 Å². The number of nitrogens with one attached hydrogen (secondary N) is 1. The SMILES string of the molecule is CCN(CC)C(=O)CN(C)CC(=O)NC(C(C)=O)C(C)C. The van der Waals surface area contributed by atoms with Gasteiger partial charge in [-0.2, -0.15) is 0 Å². The van der Waals surface area contributed by atoms with Gasteiger partial charge in [0.15, 0.2) is 5.78 Å². The van der Waals surface area contributed by atoms with E-state index < -0.39 is 6.04 Å². The van der Waals surface area contributed by atoms with E-state index in [-0.39, 0.29) is 36.6 Å². The van der Waals surface area contributed by atoms with Crippen LogP contribution in [0.1, 0.15) is 34.6 Å². The van der Waals surface area contributed by atoms with Crippen molar-refractivity contribution in [3.8, 4) is 0 Å². The number of Topliss-reactive ketones (excluding diaryl/α,β-unsaturated/α-hetero) is 1. The Balaban J connectivity index is 4.38. The molecular weight excluding hydrogens is 270 g/mol. The number of nitrogens with zero attached hydrogens (tertiary/aromatic N) is 2. The Labute approximate surface area is 127 Å². The highest BCUT2D eigenvalue weighted by molar-refractivity contribution is 5.88. The molecule has 0 heterocycles. The number of hydrogen-bond acceptors (Lipinski definition) is 4. The molecule has 0 bridgehead atoms. The van der Waals surface area contributed by atoms with Crippen molar-refractivity contribution in [2.24, 2.45) is 5.92 Å². The van der Waals surface area contributed by atoms with Gasteiger partial charge in [-0.05, 0) is 33.7 Å². The molecule has 6 heteroatoms. The fourth-order valence-electron chi connectivity index (χ4n) is 2.17. The molecular formula is C15H29N3O3. The Hall–Kier alpha value is -1.43. The summed E-state index contributed by atoms with van der Waals surface area (Å²) in [5, 5.41) is 2.72. The summed E-state index contributed by atoms with van der Waals surface area (Å²) in [5.74, 6) is -0.240. The lowest BCUT2D eigenvalue weighted by molar-refractivity contribution is -0.133. The number of amides is 2. The summed E-state index contributed by atoms with van der Waals surface area (Å²) >= 11 is 0. The average Bonchev–Trinajstić information content (AvgIpc) is 2.36. The average molecular weight is 299 g/mol. The molecule has 1 atom stereocenters. The maximum Gasteiger partial charge on any atom is 0.236 e. The number of ketones is 1. The zero-order chi connectivity index (χ0) is 16.6. The van der Waals surface area contributed by atoms with Gasteiger partial charge in [0.1, 0.15) is 0 Å². The van der Waals surface area contributed by atoms with Crippen LogP contribution in [0.3, 0.4) is 0 Å². The fourth-order valence-corrected chi connectivity index (χ4v) is 2.17. The van der Waals surface area contributed by atoms with Crippen LogP contribution >= 0.6 is 0 Å². The van der Waals surface area contributed by atoms with Gasteiger partial charge in [-0.25, -0.2) is 0 Å². The van der Waals surface area contributed by atoms with Crippen molar-refractivity contribution in [2.75, 3.05) is 33.2 Å². The van der Waals surface area contributed by atoms with Gasteiger partial charge in [-0.1, -0.05) is 13.8 Å². The fraction of sp³-hybridized carbons (Fsp3) is 0.800. The number of likely N-dealkylation sites (N-methyl/N-ethyl adjacent to an activating group) is 2. The van der Waals surface area contributed by atoms with Crippen LogP contribution in [0.15, 0.2) is 0 Å². The molecule has 0 saturated heterocycles. The zero-order valence-electron chi connectivity index (χ0n) is 14.1. The van der Waals surface area contributed by atoms with E-state index in [1.807, 2.05) is 27.7 Å². The predicted molar refractivity (Wildman–Crippen MR) is 82.9 cm³/mol. The number of carbonyl (C=O) groups is 3. The summed E-state index contributed by atoms with van der Waals surface area (Å²) in [6, 6.07) is -0.468. The van der Waals surface area contributed by atoms with Crippen molar-refractivity contribution in [3.63, 3.8) is 0 Å². The van der Waals surface area contributed by atoms with Crippen LogP contribution < -0.4 is 5.32 Å². The van der Waals surface area contributed by atoms with Gasteiger partial charge in [0.25, 0.3) is 0 Å². The molecule has 1 unspecified atom stereocenters. The van der Waals surface area contributed by atoms with Crippen molar-refractivity contribution in [1.82, 2.24) is 15.1 Å². The minimum atomic E-state index is -0.468. The van der Waals surface area contributed by atoms with Crippen molar-refractivity contribution >= 4 is 17.6 Å². The normalized spacial score (nSPS) is 12.4. The van der Waals surface area contributed by atoms with Gasteiger partial charge in [-0.15, -0.1) is 0 Å². The Morgan fingerprint density at radius 1 is 1.05 bits per heavy atom. The summed E-state index contributed by atoms with van der Waals surface area (Å²) in [6.07, 6.45) is 0. The molecule has 0 saturated carbocycles. The molecule has 0 fully saturated rings. The third kappa shape index (κ3) is 7.22. The van der Waals surface area contributed by atoms with E-state index in [9.17, 15) is 14.4 Å². The van der Waals surface area contributed by atoms with Crippen LogP contribution in [-0.4, -0.2) is 66.7 Å². The lowest BCUT2D eigenvalue weighted by Gasteiger charge is -2.24. The third-order valence-corrected chi connectivity index (χ3v) is 3.36. The van der Waals surface area contributed by atoms with E-state index in [2.05, 4.69) is 5.32 Å². The molecule has 0 aromatic heterocycles. The van der Waals surface area contributed by atoms with E-state index in [0.717, 1.165) is 0 Å². The number of carbonyl (C=O) groups excluding carboxylic acids is 3. The molecule has 0 aromatic carbocycles. The molecule has 6 nitrogen and oxygen atoms in total. The highest BCUT2D eigenvalue weighted by Crippen LogP contribution is 2.02. The number of rotatable bonds is 9. The standard InChI is InChI=1S/C15H29N3O3/c1-7-18(8-2)14(21)10-17(6)9-13(20)16-15(11(3)4)12(5)19/h11,15H,7-10H2,1-6H3,(H,16,20). The van der Waals surface area contributed by atoms with Crippen molar-refractivity contribution < 1.29 is 14.4 Å². The second kappa shape index (κ2) is 9.50. The Morgan fingerprint density at radius 2 is 1.57 bits per heavy atom. The third-order valence-electron chi connectivity index (χ3n) is 3.36.